The molecule has 3 aromatic carbocycles. The van der Waals surface area contributed by atoms with E-state index in [1.165, 1.54) is 5.56 Å². The summed E-state index contributed by atoms with van der Waals surface area (Å²) in [6, 6.07) is 26.7. The smallest absolute Gasteiger partial charge is 0.252 e. The number of tetrazole rings is 1. The maximum absolute atomic E-state index is 13.3. The summed E-state index contributed by atoms with van der Waals surface area (Å²) in [4.78, 5) is 18.7. The summed E-state index contributed by atoms with van der Waals surface area (Å²) in [5.41, 5.74) is 6.10. The van der Waals surface area contributed by atoms with Gasteiger partial charge in [0.1, 0.15) is 0 Å². The van der Waals surface area contributed by atoms with Crippen molar-refractivity contribution in [1.29, 1.82) is 0 Å². The van der Waals surface area contributed by atoms with Crippen molar-refractivity contribution in [2.24, 2.45) is 0 Å². The van der Waals surface area contributed by atoms with Crippen LogP contribution in [0.15, 0.2) is 83.7 Å². The topological polar surface area (TPSA) is 79.7 Å². The van der Waals surface area contributed by atoms with Crippen LogP contribution in [0.25, 0.3) is 10.9 Å². The lowest BCUT2D eigenvalue weighted by atomic mass is 10.0. The third-order valence-corrected chi connectivity index (χ3v) is 6.98. The maximum Gasteiger partial charge on any atom is 0.252 e. The van der Waals surface area contributed by atoms with Gasteiger partial charge in [-0.1, -0.05) is 79.7 Å². The minimum atomic E-state index is -0.0763. The molecule has 1 N–H and O–H groups in total. The molecular formula is C30H32N6O. The van der Waals surface area contributed by atoms with E-state index in [0.29, 0.717) is 19.6 Å². The summed E-state index contributed by atoms with van der Waals surface area (Å²) in [6.07, 6.45) is 0.797. The van der Waals surface area contributed by atoms with Gasteiger partial charge in [0, 0.05) is 24.0 Å². The van der Waals surface area contributed by atoms with Crippen LogP contribution in [0, 0.1) is 13.8 Å². The Bertz CT molecular complexity index is 1540. The molecule has 2 aromatic heterocycles. The van der Waals surface area contributed by atoms with Crippen molar-refractivity contribution in [3.05, 3.63) is 123 Å². The number of aromatic amines is 1. The van der Waals surface area contributed by atoms with Crippen LogP contribution in [0.4, 0.5) is 0 Å². The average molecular weight is 493 g/mol. The van der Waals surface area contributed by atoms with Gasteiger partial charge in [-0.2, -0.15) is 0 Å². The SMILES string of the molecule is CC[C@H](c1nnnn1Cc1ccccc1)N(Cc1ccccc1)Cc1cc2c(C)ccc(C)c2[nH]c1=O. The molecule has 0 saturated heterocycles. The molecule has 0 fully saturated rings. The van der Waals surface area contributed by atoms with Crippen molar-refractivity contribution in [1.82, 2.24) is 30.1 Å². The number of H-pyrrole nitrogens is 1. The van der Waals surface area contributed by atoms with Crippen LogP contribution < -0.4 is 5.56 Å². The molecule has 37 heavy (non-hydrogen) atoms. The van der Waals surface area contributed by atoms with Gasteiger partial charge in [0.15, 0.2) is 5.82 Å². The first-order valence-electron chi connectivity index (χ1n) is 12.7. The van der Waals surface area contributed by atoms with Gasteiger partial charge >= 0.3 is 0 Å². The van der Waals surface area contributed by atoms with E-state index in [9.17, 15) is 4.79 Å². The number of nitrogens with zero attached hydrogens (tertiary/aromatic N) is 5. The largest absolute Gasteiger partial charge is 0.321 e. The lowest BCUT2D eigenvalue weighted by Crippen LogP contribution is -2.32. The average Bonchev–Trinajstić information content (AvgIpc) is 3.36. The molecule has 7 heteroatoms. The van der Waals surface area contributed by atoms with Crippen LogP contribution in [0.1, 0.15) is 53.0 Å². The molecule has 0 radical (unpaired) electrons. The molecule has 5 rings (SSSR count). The molecule has 0 saturated carbocycles. The molecule has 7 nitrogen and oxygen atoms in total. The number of fused-ring (bicyclic) bond motifs is 1. The van der Waals surface area contributed by atoms with Crippen LogP contribution >= 0.6 is 0 Å². The van der Waals surface area contributed by atoms with Gasteiger partial charge in [0.25, 0.3) is 5.56 Å². The number of benzene rings is 3. The van der Waals surface area contributed by atoms with Crippen molar-refractivity contribution in [3.63, 3.8) is 0 Å². The van der Waals surface area contributed by atoms with Crippen LogP contribution in [0.2, 0.25) is 0 Å². The first-order valence-corrected chi connectivity index (χ1v) is 12.7. The van der Waals surface area contributed by atoms with Crippen LogP contribution in [-0.4, -0.2) is 30.1 Å². The Morgan fingerprint density at radius 1 is 0.892 bits per heavy atom. The number of rotatable bonds is 9. The second kappa shape index (κ2) is 10.9. The van der Waals surface area contributed by atoms with Gasteiger partial charge in [-0.25, -0.2) is 4.68 Å². The number of aryl methyl sites for hydroxylation is 2. The highest BCUT2D eigenvalue weighted by molar-refractivity contribution is 5.85. The van der Waals surface area contributed by atoms with Crippen molar-refractivity contribution < 1.29 is 0 Å². The summed E-state index contributed by atoms with van der Waals surface area (Å²) in [6.45, 7) is 7.99. The van der Waals surface area contributed by atoms with Crippen LogP contribution in [0.3, 0.4) is 0 Å². The highest BCUT2D eigenvalue weighted by Crippen LogP contribution is 2.27. The highest BCUT2D eigenvalue weighted by Gasteiger charge is 2.26. The van der Waals surface area contributed by atoms with Gasteiger partial charge in [-0.05, 0) is 59.0 Å². The van der Waals surface area contributed by atoms with Crippen molar-refractivity contribution in [2.75, 3.05) is 0 Å². The number of hydrogen-bond donors (Lipinski definition) is 1. The zero-order chi connectivity index (χ0) is 25.8. The Morgan fingerprint density at radius 3 is 2.27 bits per heavy atom. The maximum atomic E-state index is 13.3. The van der Waals surface area contributed by atoms with E-state index in [1.54, 1.807) is 0 Å². The predicted molar refractivity (Wildman–Crippen MR) is 146 cm³/mol. The molecular weight excluding hydrogens is 460 g/mol. The minimum absolute atomic E-state index is 0.0574. The Morgan fingerprint density at radius 2 is 1.57 bits per heavy atom. The molecule has 5 aromatic rings. The number of aromatic nitrogens is 5. The molecule has 0 aliphatic carbocycles. The Balaban J connectivity index is 1.54. The van der Waals surface area contributed by atoms with Gasteiger partial charge in [0.2, 0.25) is 0 Å². The third-order valence-electron chi connectivity index (χ3n) is 6.98. The molecule has 0 bridgehead atoms. The van der Waals surface area contributed by atoms with Crippen molar-refractivity contribution >= 4 is 10.9 Å². The molecule has 1 atom stereocenters. The fraction of sp³-hybridized carbons (Fsp3) is 0.267. The Hall–Kier alpha value is -4.10. The molecule has 0 aliphatic heterocycles. The predicted octanol–water partition coefficient (Wildman–Crippen LogP) is 5.33. The molecule has 0 aliphatic rings. The normalized spacial score (nSPS) is 12.3. The minimum Gasteiger partial charge on any atom is -0.321 e. The van der Waals surface area contributed by atoms with E-state index >= 15 is 0 Å². The van der Waals surface area contributed by atoms with E-state index in [4.69, 9.17) is 0 Å². The summed E-state index contributed by atoms with van der Waals surface area (Å²) in [7, 11) is 0. The molecule has 0 spiro atoms. The fourth-order valence-electron chi connectivity index (χ4n) is 4.97. The lowest BCUT2D eigenvalue weighted by molar-refractivity contribution is 0.161. The molecule has 0 amide bonds. The van der Waals surface area contributed by atoms with Gasteiger partial charge in [-0.15, -0.1) is 5.10 Å². The third kappa shape index (κ3) is 5.37. The second-order valence-electron chi connectivity index (χ2n) is 9.61. The first kappa shape index (κ1) is 24.6. The number of pyridine rings is 1. The summed E-state index contributed by atoms with van der Waals surface area (Å²) < 4.78 is 1.87. The zero-order valence-electron chi connectivity index (χ0n) is 21.6. The highest BCUT2D eigenvalue weighted by atomic mass is 16.1. The Labute approximate surface area is 216 Å². The zero-order valence-corrected chi connectivity index (χ0v) is 21.6. The fourth-order valence-corrected chi connectivity index (χ4v) is 4.97. The van der Waals surface area contributed by atoms with E-state index in [-0.39, 0.29) is 11.6 Å². The Kier molecular flexibility index (Phi) is 7.23. The van der Waals surface area contributed by atoms with E-state index in [2.05, 4.69) is 75.7 Å². The summed E-state index contributed by atoms with van der Waals surface area (Å²) in [5.74, 6) is 0.798. The number of hydrogen-bond acceptors (Lipinski definition) is 5. The second-order valence-corrected chi connectivity index (χ2v) is 9.61. The summed E-state index contributed by atoms with van der Waals surface area (Å²) in [5, 5.41) is 13.9. The van der Waals surface area contributed by atoms with E-state index < -0.39 is 0 Å². The van der Waals surface area contributed by atoms with Crippen LogP contribution in [0.5, 0.6) is 0 Å². The van der Waals surface area contributed by atoms with E-state index in [1.807, 2.05) is 54.1 Å². The van der Waals surface area contributed by atoms with Gasteiger partial charge in [0.05, 0.1) is 18.1 Å². The molecule has 0 unspecified atom stereocenters. The monoisotopic (exact) mass is 492 g/mol. The van der Waals surface area contributed by atoms with Crippen LogP contribution in [-0.2, 0) is 19.6 Å². The first-order chi connectivity index (χ1) is 18.0. The van der Waals surface area contributed by atoms with Crippen molar-refractivity contribution in [2.45, 2.75) is 52.9 Å². The number of nitrogens with one attached hydrogen (secondary N) is 1. The summed E-state index contributed by atoms with van der Waals surface area (Å²) >= 11 is 0. The quantitative estimate of drug-likeness (QED) is 0.301. The van der Waals surface area contributed by atoms with E-state index in [0.717, 1.165) is 45.4 Å². The molecule has 2 heterocycles. The standard InChI is InChI=1S/C30H32N6O/c1-4-27(29-32-33-34-36(29)19-24-13-9-6-10-14-24)35(18-23-11-7-5-8-12-23)20-25-17-26-21(2)15-16-22(3)28(26)31-30(25)37/h5-17,27H,4,18-20H2,1-3H3,(H,31,37)/t27-/m1/s1. The lowest BCUT2D eigenvalue weighted by Gasteiger charge is -2.30. The van der Waals surface area contributed by atoms with Crippen molar-refractivity contribution in [3.8, 4) is 0 Å². The van der Waals surface area contributed by atoms with Gasteiger partial charge < -0.3 is 4.98 Å². The van der Waals surface area contributed by atoms with Gasteiger partial charge in [-0.3, -0.25) is 9.69 Å². The molecule has 188 valence electrons.